The molecule has 0 fully saturated rings. The van der Waals surface area contributed by atoms with Crippen LogP contribution >= 0.6 is 0 Å². The fourth-order valence-electron chi connectivity index (χ4n) is 9.16. The van der Waals surface area contributed by atoms with E-state index in [1.54, 1.807) is 0 Å². The number of unbranched alkanes of at least 4 members (excludes halogenated alkanes) is 5. The number of aromatic hydroxyl groups is 2. The third-order valence-corrected chi connectivity index (χ3v) is 14.9. The molecule has 0 bridgehead atoms. The predicted molar refractivity (Wildman–Crippen MR) is 245 cm³/mol. The lowest BCUT2D eigenvalue weighted by molar-refractivity contribution is -0.440. The molecule has 5 rings (SSSR count). The number of allylic oxidation sites excluding steroid dienone is 6. The van der Waals surface area contributed by atoms with Crippen molar-refractivity contribution in [3.8, 4) is 11.8 Å². The minimum atomic E-state index is -4.49. The lowest BCUT2D eigenvalue weighted by Gasteiger charge is -2.30. The number of rotatable bonds is 25. The molecule has 2 aromatic carbocycles. The highest BCUT2D eigenvalue weighted by Gasteiger charge is 2.53. The molecule has 2 atom stereocenters. The molecule has 1 aromatic heterocycles. The van der Waals surface area contributed by atoms with E-state index < -0.39 is 145 Å². The van der Waals surface area contributed by atoms with E-state index in [2.05, 4.69) is 0 Å². The van der Waals surface area contributed by atoms with Crippen molar-refractivity contribution in [1.82, 2.24) is 4.73 Å². The molecule has 2 aliphatic rings. The first kappa shape index (κ1) is 57.5. The van der Waals surface area contributed by atoms with Crippen LogP contribution in [0.4, 0.5) is 46.5 Å². The van der Waals surface area contributed by atoms with Crippen molar-refractivity contribution in [3.63, 3.8) is 0 Å². The smallest absolute Gasteiger partial charge is 0.333 e. The quantitative estimate of drug-likeness (QED) is 0.0102. The molecule has 0 aliphatic carbocycles. The van der Waals surface area contributed by atoms with Gasteiger partial charge in [-0.1, -0.05) is 37.5 Å². The Balaban J connectivity index is 1.57. The van der Waals surface area contributed by atoms with Gasteiger partial charge >= 0.3 is 5.97 Å². The number of hydrogen-bond acceptors (Lipinski definition) is 11. The van der Waals surface area contributed by atoms with Crippen molar-refractivity contribution in [1.29, 1.82) is 0 Å². The van der Waals surface area contributed by atoms with Crippen molar-refractivity contribution >= 4 is 53.4 Å². The van der Waals surface area contributed by atoms with Crippen molar-refractivity contribution in [2.75, 3.05) is 35.2 Å². The Morgan fingerprint density at radius 1 is 0.611 bits per heavy atom. The van der Waals surface area contributed by atoms with Gasteiger partial charge in [0, 0.05) is 54.3 Å². The number of benzene rings is 2. The van der Waals surface area contributed by atoms with Crippen LogP contribution in [0.2, 0.25) is 0 Å². The summed E-state index contributed by atoms with van der Waals surface area (Å²) in [7, 11) is -13.5. The van der Waals surface area contributed by atoms with Gasteiger partial charge in [0.2, 0.25) is 23.4 Å². The molecule has 398 valence electrons. The van der Waals surface area contributed by atoms with E-state index in [9.17, 15) is 62.7 Å². The van der Waals surface area contributed by atoms with Crippen LogP contribution < -0.4 is 9.74 Å². The Morgan fingerprint density at radius 2 is 1.11 bits per heavy atom. The first-order valence-electron chi connectivity index (χ1n) is 22.3. The number of fused-ring (bicyclic) bond motifs is 2. The van der Waals surface area contributed by atoms with E-state index >= 15 is 26.3 Å². The Bertz CT molecular complexity index is 3040. The number of hydrogen-bond donors (Lipinski definition) is 5. The second-order valence-corrected chi connectivity index (χ2v) is 22.4. The molecule has 0 saturated heterocycles. The van der Waals surface area contributed by atoms with Crippen LogP contribution in [0.1, 0.15) is 102 Å². The maximum Gasteiger partial charge on any atom is 0.333 e. The Labute approximate surface area is 409 Å². The van der Waals surface area contributed by atoms with Crippen molar-refractivity contribution in [2.45, 2.75) is 102 Å². The van der Waals surface area contributed by atoms with Crippen LogP contribution in [0.25, 0.3) is 0 Å². The van der Waals surface area contributed by atoms with Gasteiger partial charge in [0.05, 0.1) is 33.9 Å². The van der Waals surface area contributed by atoms with E-state index in [0.717, 1.165) is 21.6 Å². The molecule has 0 radical (unpaired) electrons. The monoisotopic (exact) mass is 1090 g/mol. The molecule has 5 N–H and O–H groups in total. The Morgan fingerprint density at radius 3 is 1.69 bits per heavy atom. The SMILES string of the molecule is CC1(CCCCS(=O)(=O)O)C(=CC=CC=CC2=[N+](CCCCS(=O)(=O)O)c3c(F)c(F)c(F)c(F)c3C2(C)CCCCCC(=O)On2c(O)ccc2O)N(CCCCS(=O)(=O)O)c2c(F)c(F)c(F)c(F)c21. The lowest BCUT2D eigenvalue weighted by atomic mass is 9.74. The van der Waals surface area contributed by atoms with Gasteiger partial charge in [0.1, 0.15) is 6.54 Å². The lowest BCUT2D eigenvalue weighted by Crippen LogP contribution is -2.32. The molecule has 3 heterocycles. The summed E-state index contributed by atoms with van der Waals surface area (Å²) in [5.41, 5.74) is -6.29. The third kappa shape index (κ3) is 13.1. The number of carbonyl (C=O) groups excluding carboxylic acids is 1. The summed E-state index contributed by atoms with van der Waals surface area (Å²) in [4.78, 5) is 18.5. The minimum absolute atomic E-state index is 0.00919. The largest absolute Gasteiger partial charge is 0.492 e. The molecule has 2 aliphatic heterocycles. The molecular formula is C45H52F8N3O13S3+. The minimum Gasteiger partial charge on any atom is -0.492 e. The highest BCUT2D eigenvalue weighted by atomic mass is 32.2. The summed E-state index contributed by atoms with van der Waals surface area (Å²) in [6, 6.07) is 2.13. The molecule has 16 nitrogen and oxygen atoms in total. The summed E-state index contributed by atoms with van der Waals surface area (Å²) in [5.74, 6) is -20.0. The zero-order chi connectivity index (χ0) is 53.7. The second kappa shape index (κ2) is 22.8. The topological polar surface area (TPSA) is 241 Å². The van der Waals surface area contributed by atoms with Gasteiger partial charge in [-0.05, 0) is 64.9 Å². The molecule has 3 aromatic rings. The number of nitrogens with zero attached hydrogens (tertiary/aromatic N) is 3. The average Bonchev–Trinajstić information content (AvgIpc) is 3.83. The second-order valence-electron chi connectivity index (χ2n) is 17.7. The van der Waals surface area contributed by atoms with Crippen LogP contribution in [0.3, 0.4) is 0 Å². The Hall–Kier alpha value is -5.35. The van der Waals surface area contributed by atoms with Gasteiger partial charge in [-0.15, -0.1) is 4.73 Å². The fraction of sp³-hybridized carbons (Fsp3) is 0.467. The van der Waals surface area contributed by atoms with Crippen molar-refractivity contribution in [2.24, 2.45) is 0 Å². The number of carbonyl (C=O) groups is 1. The summed E-state index contributed by atoms with van der Waals surface area (Å²) >= 11 is 0. The van der Waals surface area contributed by atoms with E-state index in [0.29, 0.717) is 4.73 Å². The zero-order valence-corrected chi connectivity index (χ0v) is 41.1. The Kier molecular flexibility index (Phi) is 18.2. The number of anilines is 1. The third-order valence-electron chi connectivity index (χ3n) is 12.5. The molecule has 0 saturated carbocycles. The maximum atomic E-state index is 16.1. The van der Waals surface area contributed by atoms with Gasteiger partial charge in [0.15, 0.2) is 40.6 Å². The summed E-state index contributed by atoms with van der Waals surface area (Å²) in [5, 5.41) is 19.5. The summed E-state index contributed by atoms with van der Waals surface area (Å²) in [6.07, 6.45) is 5.04. The van der Waals surface area contributed by atoms with Crippen molar-refractivity contribution < 1.29 is 98.5 Å². The van der Waals surface area contributed by atoms with Crippen LogP contribution in [0, 0.1) is 46.5 Å². The normalized spacial score (nSPS) is 18.9. The number of halogens is 8. The standard InChI is InChI=1S/C45H51F8N3O13S3/c1-44(20-8-4-7-17-31(59)69-56-29(57)18-19-30(56)58)27(54(22-10-13-25-71(63,64)65)42-32(44)34(46)36(48)38(50)40(42)52)15-5-3-6-16-28-45(2,21-9-12-24-70(60,61)62)33-35(47)37(49)39(51)41(53)43(33)55(28)23-11-14-26-72(66,67)68/h3,5-6,15-16,18-19H,4,7-14,17,20-26H2,1-2H3,(H4-,57,58,60,61,62,63,64,65,66,67,68)/p+1. The highest BCUT2D eigenvalue weighted by Crippen LogP contribution is 2.54. The first-order chi connectivity index (χ1) is 33.4. The molecule has 72 heavy (non-hydrogen) atoms. The fourth-order valence-corrected chi connectivity index (χ4v) is 10.9. The van der Waals surface area contributed by atoms with Gasteiger partial charge in [-0.3, -0.25) is 13.7 Å². The van der Waals surface area contributed by atoms with Crippen molar-refractivity contribution in [3.05, 3.63) is 106 Å². The molecule has 0 spiro atoms. The van der Waals surface area contributed by atoms with Gasteiger partial charge in [-0.25, -0.2) is 35.5 Å². The maximum absolute atomic E-state index is 16.1. The van der Waals surface area contributed by atoms with Gasteiger partial charge < -0.3 is 20.0 Å². The van der Waals surface area contributed by atoms with Gasteiger partial charge in [-0.2, -0.15) is 34.2 Å². The van der Waals surface area contributed by atoms with E-state index in [1.807, 2.05) is 0 Å². The number of aromatic nitrogens is 1. The predicted octanol–water partition coefficient (Wildman–Crippen LogP) is 8.14. The van der Waals surface area contributed by atoms with Crippen LogP contribution in [0.15, 0.2) is 48.2 Å². The molecular weight excluding hydrogens is 1040 g/mol. The first-order valence-corrected chi connectivity index (χ1v) is 27.1. The van der Waals surface area contributed by atoms with Crippen LogP contribution in [-0.2, 0) is 46.0 Å². The summed E-state index contributed by atoms with van der Waals surface area (Å²) in [6.45, 7) is 2.01. The average molecular weight is 1090 g/mol. The molecule has 0 amide bonds. The van der Waals surface area contributed by atoms with E-state index in [-0.39, 0.29) is 102 Å². The van der Waals surface area contributed by atoms with E-state index in [4.69, 9.17) is 4.84 Å². The zero-order valence-electron chi connectivity index (χ0n) is 38.7. The van der Waals surface area contributed by atoms with Crippen LogP contribution in [0.5, 0.6) is 11.8 Å². The van der Waals surface area contributed by atoms with Gasteiger partial charge in [0.25, 0.3) is 36.0 Å². The highest BCUT2D eigenvalue weighted by molar-refractivity contribution is 7.86. The molecule has 2 unspecified atom stereocenters. The summed E-state index contributed by atoms with van der Waals surface area (Å²) < 4.78 is 222. The van der Waals surface area contributed by atoms with Crippen LogP contribution in [-0.4, -0.2) is 100 Å². The van der Waals surface area contributed by atoms with E-state index in [1.165, 1.54) is 44.2 Å². The molecule has 27 heteroatoms.